The highest BCUT2D eigenvalue weighted by molar-refractivity contribution is 5.93. The summed E-state index contributed by atoms with van der Waals surface area (Å²) >= 11 is 0. The molecule has 0 spiro atoms. The predicted molar refractivity (Wildman–Crippen MR) is 66.4 cm³/mol. The molecule has 84 valence electrons. The summed E-state index contributed by atoms with van der Waals surface area (Å²) in [5.74, 6) is 1.14. The SMILES string of the molecule is Cc1c(N)noc1-c1ccnc2ccccc12. The van der Waals surface area contributed by atoms with E-state index < -0.39 is 0 Å². The Morgan fingerprint density at radius 3 is 2.76 bits per heavy atom. The minimum atomic E-state index is 0.431. The maximum atomic E-state index is 5.70. The number of aromatic nitrogens is 2. The molecule has 0 aliphatic carbocycles. The lowest BCUT2D eigenvalue weighted by atomic mass is 10.0. The van der Waals surface area contributed by atoms with Crippen molar-refractivity contribution in [1.29, 1.82) is 0 Å². The van der Waals surface area contributed by atoms with E-state index >= 15 is 0 Å². The van der Waals surface area contributed by atoms with Crippen molar-refractivity contribution in [2.24, 2.45) is 0 Å². The lowest BCUT2D eigenvalue weighted by Gasteiger charge is -2.02. The second-order valence-corrected chi connectivity index (χ2v) is 3.90. The second-order valence-electron chi connectivity index (χ2n) is 3.90. The summed E-state index contributed by atoms with van der Waals surface area (Å²) in [6.07, 6.45) is 1.76. The van der Waals surface area contributed by atoms with Crippen molar-refractivity contribution in [2.75, 3.05) is 5.73 Å². The zero-order valence-electron chi connectivity index (χ0n) is 9.34. The van der Waals surface area contributed by atoms with Crippen LogP contribution in [0.15, 0.2) is 41.1 Å². The lowest BCUT2D eigenvalue weighted by molar-refractivity contribution is 0.435. The van der Waals surface area contributed by atoms with E-state index in [2.05, 4.69) is 10.1 Å². The first-order chi connectivity index (χ1) is 8.27. The van der Waals surface area contributed by atoms with Crippen LogP contribution in [0.5, 0.6) is 0 Å². The molecule has 4 nitrogen and oxygen atoms in total. The van der Waals surface area contributed by atoms with Gasteiger partial charge in [-0.25, -0.2) is 0 Å². The Hall–Kier alpha value is -2.36. The highest BCUT2D eigenvalue weighted by Crippen LogP contribution is 2.31. The van der Waals surface area contributed by atoms with E-state index in [9.17, 15) is 0 Å². The average Bonchev–Trinajstić information content (AvgIpc) is 2.69. The van der Waals surface area contributed by atoms with Gasteiger partial charge in [0.05, 0.1) is 5.52 Å². The molecule has 0 fully saturated rings. The normalized spacial score (nSPS) is 10.9. The number of hydrogen-bond acceptors (Lipinski definition) is 4. The molecule has 0 aliphatic heterocycles. The third kappa shape index (κ3) is 1.45. The van der Waals surface area contributed by atoms with Gasteiger partial charge in [-0.05, 0) is 19.1 Å². The van der Waals surface area contributed by atoms with Crippen LogP contribution in [0.2, 0.25) is 0 Å². The Balaban J connectivity index is 2.34. The van der Waals surface area contributed by atoms with Gasteiger partial charge in [-0.15, -0.1) is 0 Å². The smallest absolute Gasteiger partial charge is 0.172 e. The fourth-order valence-corrected chi connectivity index (χ4v) is 1.89. The minimum absolute atomic E-state index is 0.431. The Bertz CT molecular complexity index is 683. The standard InChI is InChI=1S/C13H11N3O/c1-8-12(17-16-13(8)14)10-6-7-15-11-5-3-2-4-9(10)11/h2-7H,1H3,(H2,14,16). The molecule has 3 rings (SSSR count). The number of nitrogen functional groups attached to an aromatic ring is 1. The molecule has 1 aromatic carbocycles. The number of nitrogens with two attached hydrogens (primary N) is 1. The molecule has 4 heteroatoms. The average molecular weight is 225 g/mol. The Labute approximate surface area is 98.1 Å². The number of fused-ring (bicyclic) bond motifs is 1. The molecular formula is C13H11N3O. The van der Waals surface area contributed by atoms with Crippen LogP contribution < -0.4 is 5.73 Å². The molecule has 0 radical (unpaired) electrons. The Morgan fingerprint density at radius 1 is 1.18 bits per heavy atom. The largest absolute Gasteiger partial charge is 0.381 e. The van der Waals surface area contributed by atoms with Crippen molar-refractivity contribution in [3.63, 3.8) is 0 Å². The summed E-state index contributed by atoms with van der Waals surface area (Å²) < 4.78 is 5.29. The summed E-state index contributed by atoms with van der Waals surface area (Å²) in [4.78, 5) is 4.31. The molecule has 0 amide bonds. The van der Waals surface area contributed by atoms with Crippen molar-refractivity contribution in [1.82, 2.24) is 10.1 Å². The van der Waals surface area contributed by atoms with Gasteiger partial charge in [0.15, 0.2) is 11.6 Å². The molecule has 2 N–H and O–H groups in total. The van der Waals surface area contributed by atoms with Gasteiger partial charge in [0.25, 0.3) is 0 Å². The van der Waals surface area contributed by atoms with Crippen molar-refractivity contribution < 1.29 is 4.52 Å². The zero-order valence-corrected chi connectivity index (χ0v) is 9.34. The Kier molecular flexibility index (Phi) is 2.08. The number of rotatable bonds is 1. The van der Waals surface area contributed by atoms with Crippen molar-refractivity contribution >= 4 is 16.7 Å². The van der Waals surface area contributed by atoms with Crippen molar-refractivity contribution in [3.05, 3.63) is 42.1 Å². The van der Waals surface area contributed by atoms with Crippen LogP contribution >= 0.6 is 0 Å². The zero-order chi connectivity index (χ0) is 11.8. The van der Waals surface area contributed by atoms with Gasteiger partial charge in [0.2, 0.25) is 0 Å². The summed E-state index contributed by atoms with van der Waals surface area (Å²) in [5, 5.41) is 4.82. The van der Waals surface area contributed by atoms with Gasteiger partial charge < -0.3 is 10.3 Å². The van der Waals surface area contributed by atoms with Gasteiger partial charge in [0.1, 0.15) is 0 Å². The molecule has 2 heterocycles. The molecule has 0 atom stereocenters. The number of pyridine rings is 1. The molecule has 0 saturated heterocycles. The van der Waals surface area contributed by atoms with E-state index in [1.165, 1.54) is 0 Å². The fourth-order valence-electron chi connectivity index (χ4n) is 1.89. The lowest BCUT2D eigenvalue weighted by Crippen LogP contribution is -1.87. The molecule has 17 heavy (non-hydrogen) atoms. The summed E-state index contributed by atoms with van der Waals surface area (Å²) in [6.45, 7) is 1.90. The van der Waals surface area contributed by atoms with Crippen molar-refractivity contribution in [3.8, 4) is 11.3 Å². The molecule has 0 bridgehead atoms. The van der Waals surface area contributed by atoms with E-state index in [0.717, 1.165) is 22.0 Å². The second kappa shape index (κ2) is 3.59. The molecular weight excluding hydrogens is 214 g/mol. The van der Waals surface area contributed by atoms with E-state index in [4.69, 9.17) is 10.3 Å². The maximum Gasteiger partial charge on any atom is 0.172 e. The highest BCUT2D eigenvalue weighted by atomic mass is 16.5. The monoisotopic (exact) mass is 225 g/mol. The first kappa shape index (κ1) is 9.84. The van der Waals surface area contributed by atoms with Crippen LogP contribution in [0.3, 0.4) is 0 Å². The quantitative estimate of drug-likeness (QED) is 0.691. The van der Waals surface area contributed by atoms with Gasteiger partial charge in [0, 0.05) is 22.7 Å². The third-order valence-electron chi connectivity index (χ3n) is 2.85. The van der Waals surface area contributed by atoms with Gasteiger partial charge in [-0.1, -0.05) is 23.4 Å². The van der Waals surface area contributed by atoms with Crippen LogP contribution in [0, 0.1) is 6.92 Å². The molecule has 0 aliphatic rings. The van der Waals surface area contributed by atoms with Gasteiger partial charge >= 0.3 is 0 Å². The number of hydrogen-bond donors (Lipinski definition) is 1. The first-order valence-electron chi connectivity index (χ1n) is 5.33. The van der Waals surface area contributed by atoms with Crippen LogP contribution in [-0.2, 0) is 0 Å². The van der Waals surface area contributed by atoms with Crippen LogP contribution in [-0.4, -0.2) is 10.1 Å². The summed E-state index contributed by atoms with van der Waals surface area (Å²) in [5.41, 5.74) is 8.46. The van der Waals surface area contributed by atoms with Gasteiger partial charge in [-0.3, -0.25) is 4.98 Å². The minimum Gasteiger partial charge on any atom is -0.381 e. The third-order valence-corrected chi connectivity index (χ3v) is 2.85. The highest BCUT2D eigenvalue weighted by Gasteiger charge is 2.14. The summed E-state index contributed by atoms with van der Waals surface area (Å²) in [7, 11) is 0. The number of nitrogens with zero attached hydrogens (tertiary/aromatic N) is 2. The van der Waals surface area contributed by atoms with Crippen LogP contribution in [0.25, 0.3) is 22.2 Å². The van der Waals surface area contributed by atoms with E-state index in [1.807, 2.05) is 37.3 Å². The van der Waals surface area contributed by atoms with E-state index in [0.29, 0.717) is 11.6 Å². The van der Waals surface area contributed by atoms with Crippen molar-refractivity contribution in [2.45, 2.75) is 6.92 Å². The Morgan fingerprint density at radius 2 is 2.00 bits per heavy atom. The fraction of sp³-hybridized carbons (Fsp3) is 0.0769. The topological polar surface area (TPSA) is 64.9 Å². The number of anilines is 1. The molecule has 0 saturated carbocycles. The molecule has 2 aromatic heterocycles. The van der Waals surface area contributed by atoms with Gasteiger partial charge in [-0.2, -0.15) is 0 Å². The first-order valence-corrected chi connectivity index (χ1v) is 5.33. The number of benzene rings is 1. The maximum absolute atomic E-state index is 5.70. The summed E-state index contributed by atoms with van der Waals surface area (Å²) in [6, 6.07) is 9.82. The van der Waals surface area contributed by atoms with E-state index in [-0.39, 0.29) is 0 Å². The molecule has 0 unspecified atom stereocenters. The predicted octanol–water partition coefficient (Wildman–Crippen LogP) is 2.78. The van der Waals surface area contributed by atoms with Crippen LogP contribution in [0.1, 0.15) is 5.56 Å². The number of para-hydroxylation sites is 1. The van der Waals surface area contributed by atoms with E-state index in [1.54, 1.807) is 6.20 Å². The van der Waals surface area contributed by atoms with Crippen LogP contribution in [0.4, 0.5) is 5.82 Å². The molecule has 3 aromatic rings.